The zero-order valence-corrected chi connectivity index (χ0v) is 14.8. The number of rotatable bonds is 2. The third-order valence-electron chi connectivity index (χ3n) is 4.64. The summed E-state index contributed by atoms with van der Waals surface area (Å²) in [7, 11) is 0. The van der Waals surface area contributed by atoms with Gasteiger partial charge in [0.05, 0.1) is 17.2 Å². The summed E-state index contributed by atoms with van der Waals surface area (Å²) >= 11 is 0. The van der Waals surface area contributed by atoms with Crippen molar-refractivity contribution in [1.29, 1.82) is 5.26 Å². The summed E-state index contributed by atoms with van der Waals surface area (Å²) in [5, 5.41) is 8.88. The van der Waals surface area contributed by atoms with Gasteiger partial charge in [0.25, 0.3) is 5.91 Å². The van der Waals surface area contributed by atoms with Crippen LogP contribution >= 0.6 is 0 Å². The highest BCUT2D eigenvalue weighted by molar-refractivity contribution is 5.94. The van der Waals surface area contributed by atoms with Crippen molar-refractivity contribution in [1.82, 2.24) is 4.90 Å². The monoisotopic (exact) mass is 373 g/mol. The minimum Gasteiger partial charge on any atom is -0.367 e. The molecule has 3 rings (SSSR count). The quantitative estimate of drug-likeness (QED) is 0.803. The number of halogens is 3. The zero-order valence-electron chi connectivity index (χ0n) is 14.8. The Bertz CT molecular complexity index is 877. The molecule has 7 heteroatoms. The Morgan fingerprint density at radius 1 is 1.04 bits per heavy atom. The highest BCUT2D eigenvalue weighted by Crippen LogP contribution is 2.37. The molecule has 0 aromatic heterocycles. The highest BCUT2D eigenvalue weighted by atomic mass is 19.4. The number of amides is 1. The zero-order chi connectivity index (χ0) is 19.6. The molecule has 2 aromatic carbocycles. The molecule has 0 atom stereocenters. The Hall–Kier alpha value is -3.01. The van der Waals surface area contributed by atoms with E-state index in [2.05, 4.69) is 0 Å². The second-order valence-electron chi connectivity index (χ2n) is 6.49. The summed E-state index contributed by atoms with van der Waals surface area (Å²) in [5.41, 5.74) is 0.823. The summed E-state index contributed by atoms with van der Waals surface area (Å²) in [6, 6.07) is 12.6. The van der Waals surface area contributed by atoms with Crippen LogP contribution in [0.15, 0.2) is 42.5 Å². The van der Waals surface area contributed by atoms with Crippen LogP contribution in [0.5, 0.6) is 0 Å². The van der Waals surface area contributed by atoms with Crippen LogP contribution in [0.2, 0.25) is 0 Å². The van der Waals surface area contributed by atoms with Crippen LogP contribution in [-0.4, -0.2) is 37.0 Å². The first-order valence-corrected chi connectivity index (χ1v) is 8.52. The number of carbonyl (C=O) groups is 1. The van der Waals surface area contributed by atoms with Gasteiger partial charge in [-0.3, -0.25) is 4.79 Å². The highest BCUT2D eigenvalue weighted by Gasteiger charge is 2.36. The summed E-state index contributed by atoms with van der Waals surface area (Å²) in [6.07, 6.45) is -4.54. The second kappa shape index (κ2) is 7.31. The second-order valence-corrected chi connectivity index (χ2v) is 6.49. The van der Waals surface area contributed by atoms with E-state index in [-0.39, 0.29) is 17.2 Å². The van der Waals surface area contributed by atoms with Gasteiger partial charge in [-0.25, -0.2) is 0 Å². The van der Waals surface area contributed by atoms with Crippen LogP contribution in [0, 0.1) is 18.3 Å². The van der Waals surface area contributed by atoms with Gasteiger partial charge in [-0.1, -0.05) is 17.7 Å². The van der Waals surface area contributed by atoms with Crippen molar-refractivity contribution in [2.45, 2.75) is 13.1 Å². The number of carbonyl (C=O) groups excluding carboxylic acids is 1. The van der Waals surface area contributed by atoms with E-state index < -0.39 is 11.7 Å². The number of hydrogen-bond acceptors (Lipinski definition) is 3. The summed E-state index contributed by atoms with van der Waals surface area (Å²) < 4.78 is 40.1. The SMILES string of the molecule is Cc1ccc(C(=O)N2CCN(c3ccc(C#N)cc3C(F)(F)F)CC2)cc1. The van der Waals surface area contributed by atoms with Crippen molar-refractivity contribution in [2.24, 2.45) is 0 Å². The van der Waals surface area contributed by atoms with E-state index in [1.807, 2.05) is 19.1 Å². The molecular formula is C20H18F3N3O. The van der Waals surface area contributed by atoms with Crippen molar-refractivity contribution in [2.75, 3.05) is 31.1 Å². The standard InChI is InChI=1S/C20H18F3N3O/c1-14-2-5-16(6-3-14)19(27)26-10-8-25(9-11-26)18-7-4-15(13-24)12-17(18)20(21,22)23/h2-7,12H,8-11H2,1H3. The lowest BCUT2D eigenvalue weighted by atomic mass is 10.1. The molecule has 1 aliphatic rings. The molecule has 0 aliphatic carbocycles. The van der Waals surface area contributed by atoms with Gasteiger partial charge < -0.3 is 9.80 Å². The number of nitrogens with zero attached hydrogens (tertiary/aromatic N) is 3. The van der Waals surface area contributed by atoms with Crippen LogP contribution in [0.25, 0.3) is 0 Å². The maximum Gasteiger partial charge on any atom is 0.418 e. The number of anilines is 1. The molecule has 27 heavy (non-hydrogen) atoms. The van der Waals surface area contributed by atoms with Crippen molar-refractivity contribution in [3.05, 3.63) is 64.7 Å². The summed E-state index contributed by atoms with van der Waals surface area (Å²) in [5.74, 6) is -0.120. The number of hydrogen-bond donors (Lipinski definition) is 0. The molecule has 0 unspecified atom stereocenters. The predicted molar refractivity (Wildman–Crippen MR) is 95.5 cm³/mol. The van der Waals surface area contributed by atoms with E-state index in [4.69, 9.17) is 5.26 Å². The average molecular weight is 373 g/mol. The number of piperazine rings is 1. The smallest absolute Gasteiger partial charge is 0.367 e. The fraction of sp³-hybridized carbons (Fsp3) is 0.300. The lowest BCUT2D eigenvalue weighted by Crippen LogP contribution is -2.49. The molecule has 0 N–H and O–H groups in total. The molecule has 1 amide bonds. The molecule has 1 fully saturated rings. The molecule has 0 radical (unpaired) electrons. The Balaban J connectivity index is 1.75. The molecule has 1 saturated heterocycles. The minimum atomic E-state index is -4.54. The molecular weight excluding hydrogens is 355 g/mol. The molecule has 1 aliphatic heterocycles. The number of alkyl halides is 3. The van der Waals surface area contributed by atoms with Crippen LogP contribution in [0.3, 0.4) is 0 Å². The van der Waals surface area contributed by atoms with Gasteiger partial charge in [-0.15, -0.1) is 0 Å². The first-order chi connectivity index (χ1) is 12.8. The first-order valence-electron chi connectivity index (χ1n) is 8.52. The van der Waals surface area contributed by atoms with Gasteiger partial charge in [-0.05, 0) is 37.3 Å². The van der Waals surface area contributed by atoms with Gasteiger partial charge in [-0.2, -0.15) is 18.4 Å². The third-order valence-corrected chi connectivity index (χ3v) is 4.64. The predicted octanol–water partition coefficient (Wildman–Crippen LogP) is 3.85. The van der Waals surface area contributed by atoms with E-state index in [0.717, 1.165) is 11.6 Å². The van der Waals surface area contributed by atoms with E-state index in [1.54, 1.807) is 28.0 Å². The third kappa shape index (κ3) is 4.05. The van der Waals surface area contributed by atoms with Crippen molar-refractivity contribution in [3.63, 3.8) is 0 Å². The molecule has 2 aromatic rings. The van der Waals surface area contributed by atoms with E-state index in [1.165, 1.54) is 12.1 Å². The van der Waals surface area contributed by atoms with Gasteiger partial charge in [0, 0.05) is 37.4 Å². The normalized spacial score (nSPS) is 14.8. The van der Waals surface area contributed by atoms with Gasteiger partial charge in [0.15, 0.2) is 0 Å². The van der Waals surface area contributed by atoms with Crippen molar-refractivity contribution >= 4 is 11.6 Å². The van der Waals surface area contributed by atoms with Gasteiger partial charge in [0.1, 0.15) is 0 Å². The van der Waals surface area contributed by atoms with Gasteiger partial charge in [0.2, 0.25) is 0 Å². The van der Waals surface area contributed by atoms with Crippen molar-refractivity contribution in [3.8, 4) is 6.07 Å². The Labute approximate surface area is 155 Å². The molecule has 1 heterocycles. The maximum atomic E-state index is 13.4. The number of nitriles is 1. The number of benzene rings is 2. The molecule has 0 bridgehead atoms. The fourth-order valence-corrected chi connectivity index (χ4v) is 3.14. The lowest BCUT2D eigenvalue weighted by molar-refractivity contribution is -0.137. The fourth-order valence-electron chi connectivity index (χ4n) is 3.14. The average Bonchev–Trinajstić information content (AvgIpc) is 2.67. The van der Waals surface area contributed by atoms with Crippen LogP contribution < -0.4 is 4.90 Å². The summed E-state index contributed by atoms with van der Waals surface area (Å²) in [6.45, 7) is 3.20. The topological polar surface area (TPSA) is 47.3 Å². The maximum absolute atomic E-state index is 13.4. The molecule has 4 nitrogen and oxygen atoms in total. The Morgan fingerprint density at radius 2 is 1.67 bits per heavy atom. The molecule has 0 spiro atoms. The molecule has 0 saturated carbocycles. The summed E-state index contributed by atoms with van der Waals surface area (Å²) in [4.78, 5) is 15.8. The van der Waals surface area contributed by atoms with E-state index in [0.29, 0.717) is 31.7 Å². The van der Waals surface area contributed by atoms with E-state index in [9.17, 15) is 18.0 Å². The largest absolute Gasteiger partial charge is 0.418 e. The minimum absolute atomic E-state index is 0.0285. The van der Waals surface area contributed by atoms with Crippen LogP contribution in [-0.2, 0) is 6.18 Å². The Morgan fingerprint density at radius 3 is 2.22 bits per heavy atom. The van der Waals surface area contributed by atoms with Crippen LogP contribution in [0.1, 0.15) is 27.0 Å². The number of aryl methyl sites for hydroxylation is 1. The van der Waals surface area contributed by atoms with E-state index >= 15 is 0 Å². The first kappa shape index (κ1) is 18.8. The van der Waals surface area contributed by atoms with Crippen LogP contribution in [0.4, 0.5) is 18.9 Å². The van der Waals surface area contributed by atoms with Gasteiger partial charge >= 0.3 is 6.18 Å². The Kier molecular flexibility index (Phi) is 5.08. The lowest BCUT2D eigenvalue weighted by Gasteiger charge is -2.37. The molecule has 140 valence electrons. The van der Waals surface area contributed by atoms with Crippen molar-refractivity contribution < 1.29 is 18.0 Å².